The van der Waals surface area contributed by atoms with Crippen molar-refractivity contribution in [1.82, 2.24) is 0 Å². The fraction of sp³-hybridized carbons (Fsp3) is 0. The van der Waals surface area contributed by atoms with Gasteiger partial charge in [-0.15, -0.1) is 0 Å². The molecule has 0 aliphatic carbocycles. The topological polar surface area (TPSA) is 126 Å². The summed E-state index contributed by atoms with van der Waals surface area (Å²) >= 11 is 0. The summed E-state index contributed by atoms with van der Waals surface area (Å²) in [5.74, 6) is -3.58. The summed E-state index contributed by atoms with van der Waals surface area (Å²) in [6, 6.07) is 4.10. The average molecular weight is 402 g/mol. The van der Waals surface area contributed by atoms with Crippen molar-refractivity contribution >= 4 is 55.6 Å². The van der Waals surface area contributed by atoms with Crippen LogP contribution in [0.1, 0.15) is 15.9 Å². The molecule has 130 valence electrons. The van der Waals surface area contributed by atoms with Gasteiger partial charge in [0.1, 0.15) is 21.4 Å². The van der Waals surface area contributed by atoms with Gasteiger partial charge >= 0.3 is 29.6 Å². The maximum atomic E-state index is 13.4. The number of carbonyl (C=O) groups excluding carboxylic acids is 1. The van der Waals surface area contributed by atoms with E-state index in [0.29, 0.717) is 24.3 Å². The molecule has 2 rings (SSSR count). The van der Waals surface area contributed by atoms with Gasteiger partial charge in [-0.1, -0.05) is 0 Å². The molecule has 0 aliphatic rings. The molecule has 12 heteroatoms. The van der Waals surface area contributed by atoms with Crippen LogP contribution in [0, 0.1) is 11.6 Å². The van der Waals surface area contributed by atoms with Crippen LogP contribution in [0.3, 0.4) is 0 Å². The quantitative estimate of drug-likeness (QED) is 0.445. The van der Waals surface area contributed by atoms with E-state index in [0.717, 1.165) is 12.1 Å². The van der Waals surface area contributed by atoms with Gasteiger partial charge in [-0.2, -0.15) is 16.8 Å². The van der Waals surface area contributed by atoms with E-state index < -0.39 is 58.6 Å². The van der Waals surface area contributed by atoms with Gasteiger partial charge in [-0.05, 0) is 36.4 Å². The van der Waals surface area contributed by atoms with E-state index in [-0.39, 0.29) is 29.6 Å². The molecular formula is C13H9F2NaO7S2. The van der Waals surface area contributed by atoms with Gasteiger partial charge in [0.15, 0.2) is 5.78 Å². The molecule has 2 N–H and O–H groups in total. The summed E-state index contributed by atoms with van der Waals surface area (Å²) in [5.41, 5.74) is -0.811. The third kappa shape index (κ3) is 4.91. The molecule has 0 heterocycles. The number of carbonyl (C=O) groups is 1. The van der Waals surface area contributed by atoms with Crippen LogP contribution in [0.5, 0.6) is 0 Å². The second-order valence-corrected chi connectivity index (χ2v) is 7.35. The Bertz CT molecular complexity index is 967. The summed E-state index contributed by atoms with van der Waals surface area (Å²) < 4.78 is 88.7. The van der Waals surface area contributed by atoms with Crippen molar-refractivity contribution in [3.05, 3.63) is 59.2 Å². The van der Waals surface area contributed by atoms with E-state index in [1.807, 2.05) is 0 Å². The maximum absolute atomic E-state index is 13.4. The monoisotopic (exact) mass is 402 g/mol. The van der Waals surface area contributed by atoms with Crippen LogP contribution < -0.4 is 0 Å². The van der Waals surface area contributed by atoms with Crippen LogP contribution in [-0.4, -0.2) is 61.3 Å². The van der Waals surface area contributed by atoms with Gasteiger partial charge in [-0.3, -0.25) is 13.9 Å². The van der Waals surface area contributed by atoms with Crippen molar-refractivity contribution < 1.29 is 39.5 Å². The Kier molecular flexibility index (Phi) is 6.62. The third-order valence-electron chi connectivity index (χ3n) is 2.94. The molecule has 0 amide bonds. The molecular weight excluding hydrogens is 393 g/mol. The summed E-state index contributed by atoms with van der Waals surface area (Å²) in [4.78, 5) is 9.93. The SMILES string of the molecule is O=C(c1ccc(F)c(S(=O)(=O)O)c1)c1ccc(F)c(S(=O)(=O)O)c1.[NaH]. The van der Waals surface area contributed by atoms with Crippen molar-refractivity contribution in [3.63, 3.8) is 0 Å². The number of hydrogen-bond donors (Lipinski definition) is 2. The Balaban J connectivity index is 0.00000312. The first-order valence-corrected chi connectivity index (χ1v) is 8.88. The van der Waals surface area contributed by atoms with Crippen molar-refractivity contribution in [2.75, 3.05) is 0 Å². The van der Waals surface area contributed by atoms with Crippen molar-refractivity contribution in [2.24, 2.45) is 0 Å². The average Bonchev–Trinajstić information content (AvgIpc) is 2.45. The van der Waals surface area contributed by atoms with Gasteiger partial charge in [0.25, 0.3) is 20.2 Å². The second kappa shape index (κ2) is 7.58. The molecule has 0 saturated heterocycles. The van der Waals surface area contributed by atoms with E-state index in [4.69, 9.17) is 9.11 Å². The van der Waals surface area contributed by atoms with E-state index in [9.17, 15) is 30.4 Å². The molecule has 25 heavy (non-hydrogen) atoms. The van der Waals surface area contributed by atoms with Crippen molar-refractivity contribution in [3.8, 4) is 0 Å². The molecule has 0 spiro atoms. The molecule has 0 unspecified atom stereocenters. The van der Waals surface area contributed by atoms with Gasteiger partial charge in [0.05, 0.1) is 0 Å². The molecule has 7 nitrogen and oxygen atoms in total. The van der Waals surface area contributed by atoms with Gasteiger partial charge in [0, 0.05) is 11.1 Å². The Morgan fingerprint density at radius 1 is 0.760 bits per heavy atom. The van der Waals surface area contributed by atoms with Crippen LogP contribution in [0.25, 0.3) is 0 Å². The minimum atomic E-state index is -4.93. The molecule has 0 atom stereocenters. The fourth-order valence-electron chi connectivity index (χ4n) is 1.85. The minimum absolute atomic E-state index is 0. The molecule has 0 fully saturated rings. The Morgan fingerprint density at radius 2 is 1.08 bits per heavy atom. The van der Waals surface area contributed by atoms with Crippen LogP contribution >= 0.6 is 0 Å². The van der Waals surface area contributed by atoms with Crippen LogP contribution in [0.4, 0.5) is 8.78 Å². The van der Waals surface area contributed by atoms with E-state index in [2.05, 4.69) is 0 Å². The number of benzene rings is 2. The number of halogens is 2. The molecule has 2 aromatic rings. The molecule has 0 bridgehead atoms. The van der Waals surface area contributed by atoms with E-state index in [1.165, 1.54) is 0 Å². The Labute approximate surface area is 163 Å². The predicted molar refractivity (Wildman–Crippen MR) is 83.0 cm³/mol. The number of rotatable bonds is 4. The second-order valence-electron chi connectivity index (χ2n) is 4.57. The summed E-state index contributed by atoms with van der Waals surface area (Å²) in [5, 5.41) is 0. The summed E-state index contributed by atoms with van der Waals surface area (Å²) in [6.07, 6.45) is 0. The van der Waals surface area contributed by atoms with Crippen LogP contribution in [0.15, 0.2) is 46.2 Å². The van der Waals surface area contributed by atoms with E-state index in [1.54, 1.807) is 0 Å². The van der Waals surface area contributed by atoms with E-state index >= 15 is 0 Å². The normalized spacial score (nSPS) is 11.7. The zero-order valence-corrected chi connectivity index (χ0v) is 13.1. The molecule has 0 aliphatic heterocycles. The number of ketones is 1. The summed E-state index contributed by atoms with van der Waals surface area (Å²) in [7, 11) is -9.87. The Morgan fingerprint density at radius 3 is 1.36 bits per heavy atom. The van der Waals surface area contributed by atoms with Gasteiger partial charge < -0.3 is 0 Å². The van der Waals surface area contributed by atoms with Crippen LogP contribution in [0.2, 0.25) is 0 Å². The van der Waals surface area contributed by atoms with Crippen molar-refractivity contribution in [1.29, 1.82) is 0 Å². The standard InChI is InChI=1S/C13H8F2O7S2.Na.H/c14-9-3-1-7(5-11(9)23(17,18)19)13(16)8-2-4-10(15)12(6-8)24(20,21)22;;/h1-6H,(H,17,18,19)(H,20,21,22);;. The van der Waals surface area contributed by atoms with Gasteiger partial charge in [-0.25, -0.2) is 8.78 Å². The molecule has 0 radical (unpaired) electrons. The summed E-state index contributed by atoms with van der Waals surface area (Å²) in [6.45, 7) is 0. The molecule has 2 aromatic carbocycles. The molecule has 0 aromatic heterocycles. The zero-order valence-electron chi connectivity index (χ0n) is 11.5. The zero-order chi connectivity index (χ0) is 18.3. The van der Waals surface area contributed by atoms with Gasteiger partial charge in [0.2, 0.25) is 0 Å². The fourth-order valence-corrected chi connectivity index (χ4v) is 3.03. The third-order valence-corrected chi connectivity index (χ3v) is 4.68. The Hall–Kier alpha value is -1.21. The predicted octanol–water partition coefficient (Wildman–Crippen LogP) is 1.04. The number of hydrogen-bond acceptors (Lipinski definition) is 5. The first-order valence-electron chi connectivity index (χ1n) is 6.00. The van der Waals surface area contributed by atoms with Crippen molar-refractivity contribution in [2.45, 2.75) is 9.79 Å². The first kappa shape index (κ1) is 21.8. The van der Waals surface area contributed by atoms with Crippen LogP contribution in [-0.2, 0) is 20.2 Å². The first-order chi connectivity index (χ1) is 10.9. The molecule has 0 saturated carbocycles.